The van der Waals surface area contributed by atoms with Crippen molar-refractivity contribution in [1.29, 1.82) is 0 Å². The summed E-state index contributed by atoms with van der Waals surface area (Å²) in [6.07, 6.45) is 2.44. The molecule has 2 N–H and O–H groups in total. The van der Waals surface area contributed by atoms with Crippen molar-refractivity contribution < 1.29 is 19.2 Å². The van der Waals surface area contributed by atoms with E-state index in [9.17, 15) is 9.59 Å². The smallest absolute Gasteiger partial charge is 0.306 e. The molecule has 2 unspecified atom stereocenters. The lowest BCUT2D eigenvalue weighted by molar-refractivity contribution is -0.142. The molecule has 0 spiro atoms. The highest BCUT2D eigenvalue weighted by Crippen LogP contribution is 2.31. The lowest BCUT2D eigenvalue weighted by atomic mass is 9.96. The molecule has 1 aromatic heterocycles. The zero-order valence-corrected chi connectivity index (χ0v) is 10.2. The molecular formula is C12H16N2O4. The maximum absolute atomic E-state index is 11.7. The van der Waals surface area contributed by atoms with Gasteiger partial charge in [0.25, 0.3) is 5.91 Å². The molecule has 2 atom stereocenters. The van der Waals surface area contributed by atoms with E-state index in [1.807, 2.05) is 0 Å². The number of amides is 1. The summed E-state index contributed by atoms with van der Waals surface area (Å²) in [5.41, 5.74) is 0.234. The predicted octanol–water partition coefficient (Wildman–Crippen LogP) is 1.21. The fraction of sp³-hybridized carbons (Fsp3) is 0.583. The Morgan fingerprint density at radius 2 is 2.33 bits per heavy atom. The Labute approximate surface area is 104 Å². The highest BCUT2D eigenvalue weighted by molar-refractivity contribution is 5.92. The van der Waals surface area contributed by atoms with Crippen molar-refractivity contribution in [1.82, 2.24) is 10.5 Å². The van der Waals surface area contributed by atoms with Crippen molar-refractivity contribution in [2.75, 3.05) is 6.54 Å². The van der Waals surface area contributed by atoms with Crippen LogP contribution in [-0.4, -0.2) is 28.7 Å². The van der Waals surface area contributed by atoms with Gasteiger partial charge in [0.15, 0.2) is 5.69 Å². The molecule has 1 aliphatic carbocycles. The molecule has 0 bridgehead atoms. The quantitative estimate of drug-likeness (QED) is 0.840. The largest absolute Gasteiger partial charge is 0.481 e. The van der Waals surface area contributed by atoms with Crippen LogP contribution in [0, 0.1) is 18.8 Å². The summed E-state index contributed by atoms with van der Waals surface area (Å²) in [4.78, 5) is 22.7. The summed E-state index contributed by atoms with van der Waals surface area (Å²) in [5, 5.41) is 15.4. The number of carbonyl (C=O) groups is 2. The third-order valence-electron chi connectivity index (χ3n) is 3.36. The van der Waals surface area contributed by atoms with E-state index in [4.69, 9.17) is 9.63 Å². The molecule has 6 heteroatoms. The molecule has 1 amide bonds. The fourth-order valence-corrected chi connectivity index (χ4v) is 2.39. The standard InChI is InChI=1S/C12H16N2O4/c1-7-5-10(14-18-7)11(15)13-6-8-3-2-4-9(8)12(16)17/h5,8-9H,2-4,6H2,1H3,(H,13,15)(H,16,17). The number of carboxylic acid groups (broad SMARTS) is 1. The van der Waals surface area contributed by atoms with Gasteiger partial charge in [0.1, 0.15) is 5.76 Å². The van der Waals surface area contributed by atoms with Crippen molar-refractivity contribution in [3.63, 3.8) is 0 Å². The Hall–Kier alpha value is -1.85. The number of hydrogen-bond acceptors (Lipinski definition) is 4. The maximum atomic E-state index is 11.7. The van der Waals surface area contributed by atoms with E-state index < -0.39 is 5.97 Å². The van der Waals surface area contributed by atoms with Gasteiger partial charge in [-0.25, -0.2) is 0 Å². The Balaban J connectivity index is 1.88. The van der Waals surface area contributed by atoms with Crippen molar-refractivity contribution in [3.8, 4) is 0 Å². The third-order valence-corrected chi connectivity index (χ3v) is 3.36. The van der Waals surface area contributed by atoms with Crippen LogP contribution in [0.2, 0.25) is 0 Å². The number of aryl methyl sites for hydroxylation is 1. The first kappa shape index (κ1) is 12.6. The van der Waals surface area contributed by atoms with Gasteiger partial charge < -0.3 is 14.9 Å². The minimum absolute atomic E-state index is 0.0134. The average molecular weight is 252 g/mol. The van der Waals surface area contributed by atoms with Gasteiger partial charge in [-0.1, -0.05) is 11.6 Å². The van der Waals surface area contributed by atoms with E-state index >= 15 is 0 Å². The SMILES string of the molecule is Cc1cc(C(=O)NCC2CCCC2C(=O)O)no1. The number of aliphatic carboxylic acids is 1. The Kier molecular flexibility index (Phi) is 3.64. The minimum atomic E-state index is -0.774. The van der Waals surface area contributed by atoms with Crippen molar-refractivity contribution in [2.24, 2.45) is 11.8 Å². The number of carboxylic acids is 1. The molecule has 1 fully saturated rings. The number of rotatable bonds is 4. The van der Waals surface area contributed by atoms with E-state index in [0.29, 0.717) is 18.7 Å². The number of nitrogens with one attached hydrogen (secondary N) is 1. The van der Waals surface area contributed by atoms with Crippen LogP contribution >= 0.6 is 0 Å². The predicted molar refractivity (Wildman–Crippen MR) is 62.0 cm³/mol. The van der Waals surface area contributed by atoms with Gasteiger partial charge in [-0.2, -0.15) is 0 Å². The summed E-state index contributed by atoms with van der Waals surface area (Å²) in [6, 6.07) is 1.55. The second kappa shape index (κ2) is 5.20. The van der Waals surface area contributed by atoms with Crippen molar-refractivity contribution >= 4 is 11.9 Å². The maximum Gasteiger partial charge on any atom is 0.306 e. The minimum Gasteiger partial charge on any atom is -0.481 e. The van der Waals surface area contributed by atoms with Crippen LogP contribution in [0.3, 0.4) is 0 Å². The molecule has 2 rings (SSSR count). The van der Waals surface area contributed by atoms with E-state index in [2.05, 4.69) is 10.5 Å². The molecule has 1 heterocycles. The first-order valence-corrected chi connectivity index (χ1v) is 6.02. The van der Waals surface area contributed by atoms with Crippen LogP contribution in [0.25, 0.3) is 0 Å². The molecule has 6 nitrogen and oxygen atoms in total. The highest BCUT2D eigenvalue weighted by atomic mass is 16.5. The van der Waals surface area contributed by atoms with Gasteiger partial charge >= 0.3 is 5.97 Å². The number of nitrogens with zero attached hydrogens (tertiary/aromatic N) is 1. The van der Waals surface area contributed by atoms with Gasteiger partial charge in [0.2, 0.25) is 0 Å². The second-order valence-electron chi connectivity index (χ2n) is 4.67. The molecule has 98 valence electrons. The molecule has 18 heavy (non-hydrogen) atoms. The van der Waals surface area contributed by atoms with Gasteiger partial charge in [-0.3, -0.25) is 9.59 Å². The van der Waals surface area contributed by atoms with Crippen LogP contribution in [0.4, 0.5) is 0 Å². The molecular weight excluding hydrogens is 236 g/mol. The number of aromatic nitrogens is 1. The second-order valence-corrected chi connectivity index (χ2v) is 4.67. The summed E-state index contributed by atoms with van der Waals surface area (Å²) >= 11 is 0. The van der Waals surface area contributed by atoms with Gasteiger partial charge in [0, 0.05) is 12.6 Å². The molecule has 0 aliphatic heterocycles. The van der Waals surface area contributed by atoms with Crippen molar-refractivity contribution in [3.05, 3.63) is 17.5 Å². The van der Waals surface area contributed by atoms with E-state index in [1.54, 1.807) is 13.0 Å². The Morgan fingerprint density at radius 1 is 1.56 bits per heavy atom. The molecule has 1 aromatic rings. The zero-order valence-electron chi connectivity index (χ0n) is 10.2. The molecule has 0 saturated heterocycles. The summed E-state index contributed by atoms with van der Waals surface area (Å²) < 4.78 is 4.81. The molecule has 0 aromatic carbocycles. The first-order valence-electron chi connectivity index (χ1n) is 6.02. The normalized spacial score (nSPS) is 22.9. The Morgan fingerprint density at radius 3 is 2.94 bits per heavy atom. The highest BCUT2D eigenvalue weighted by Gasteiger charge is 2.33. The third kappa shape index (κ3) is 2.69. The number of hydrogen-bond donors (Lipinski definition) is 2. The van der Waals surface area contributed by atoms with E-state index in [-0.39, 0.29) is 23.4 Å². The van der Waals surface area contributed by atoms with Crippen molar-refractivity contribution in [2.45, 2.75) is 26.2 Å². The average Bonchev–Trinajstić information content (AvgIpc) is 2.94. The zero-order chi connectivity index (χ0) is 13.1. The Bertz CT molecular complexity index is 455. The first-order chi connectivity index (χ1) is 8.58. The van der Waals surface area contributed by atoms with Crippen LogP contribution in [-0.2, 0) is 4.79 Å². The number of carbonyl (C=O) groups excluding carboxylic acids is 1. The van der Waals surface area contributed by atoms with Crippen LogP contribution in [0.15, 0.2) is 10.6 Å². The molecule has 1 aliphatic rings. The monoisotopic (exact) mass is 252 g/mol. The lowest BCUT2D eigenvalue weighted by Crippen LogP contribution is -2.33. The topological polar surface area (TPSA) is 92.4 Å². The van der Waals surface area contributed by atoms with Crippen LogP contribution < -0.4 is 5.32 Å². The van der Waals surface area contributed by atoms with E-state index in [1.165, 1.54) is 0 Å². The molecule has 0 radical (unpaired) electrons. The van der Waals surface area contributed by atoms with Gasteiger partial charge in [-0.15, -0.1) is 0 Å². The summed E-state index contributed by atoms with van der Waals surface area (Å²) in [6.45, 7) is 2.09. The summed E-state index contributed by atoms with van der Waals surface area (Å²) in [7, 11) is 0. The summed E-state index contributed by atoms with van der Waals surface area (Å²) in [5.74, 6) is -0.847. The molecule has 1 saturated carbocycles. The lowest BCUT2D eigenvalue weighted by Gasteiger charge is -2.15. The van der Waals surface area contributed by atoms with E-state index in [0.717, 1.165) is 12.8 Å². The van der Waals surface area contributed by atoms with Crippen LogP contribution in [0.1, 0.15) is 35.5 Å². The van der Waals surface area contributed by atoms with Gasteiger partial charge in [-0.05, 0) is 25.7 Å². The van der Waals surface area contributed by atoms with Crippen LogP contribution in [0.5, 0.6) is 0 Å². The fourth-order valence-electron chi connectivity index (χ4n) is 2.39. The van der Waals surface area contributed by atoms with Gasteiger partial charge in [0.05, 0.1) is 5.92 Å².